The van der Waals surface area contributed by atoms with Gasteiger partial charge >= 0.3 is 11.9 Å². The van der Waals surface area contributed by atoms with Gasteiger partial charge in [0.1, 0.15) is 5.69 Å². The van der Waals surface area contributed by atoms with Gasteiger partial charge in [-0.25, -0.2) is 9.59 Å². The van der Waals surface area contributed by atoms with Crippen LogP contribution in [0.15, 0.2) is 52.0 Å². The predicted octanol–water partition coefficient (Wildman–Crippen LogP) is 2.67. The van der Waals surface area contributed by atoms with Crippen LogP contribution >= 0.6 is 0 Å². The number of nitrogens with one attached hydrogen (secondary N) is 1. The normalized spacial score (nSPS) is 15.0. The lowest BCUT2D eigenvalue weighted by Gasteiger charge is -2.30. The first-order valence-corrected chi connectivity index (χ1v) is 7.23. The van der Waals surface area contributed by atoms with Crippen LogP contribution in [0.5, 0.6) is 0 Å². The van der Waals surface area contributed by atoms with Crippen LogP contribution in [0.3, 0.4) is 0 Å². The zero-order valence-electron chi connectivity index (χ0n) is 13.9. The SMILES string of the molecule is COC(=O)C1=C(C)NC(C)=C(C(=O)OC)C1c1ccccc1N=O. The molecule has 0 aromatic heterocycles. The molecule has 0 amide bonds. The van der Waals surface area contributed by atoms with E-state index in [1.807, 2.05) is 0 Å². The summed E-state index contributed by atoms with van der Waals surface area (Å²) in [6.45, 7) is 3.40. The van der Waals surface area contributed by atoms with Gasteiger partial charge in [0.15, 0.2) is 0 Å². The summed E-state index contributed by atoms with van der Waals surface area (Å²) in [6, 6.07) is 6.54. The molecule has 1 aromatic rings. The van der Waals surface area contributed by atoms with Crippen LogP contribution in [0.25, 0.3) is 0 Å². The molecule has 0 fully saturated rings. The van der Waals surface area contributed by atoms with Crippen LogP contribution in [0.1, 0.15) is 25.3 Å². The third-order valence-electron chi connectivity index (χ3n) is 3.92. The van der Waals surface area contributed by atoms with Crippen LogP contribution < -0.4 is 5.32 Å². The van der Waals surface area contributed by atoms with Crippen molar-refractivity contribution in [2.75, 3.05) is 14.2 Å². The number of hydrogen-bond donors (Lipinski definition) is 1. The lowest BCUT2D eigenvalue weighted by molar-refractivity contribution is -0.137. The van der Waals surface area contributed by atoms with Crippen LogP contribution in [0, 0.1) is 4.91 Å². The molecule has 0 saturated heterocycles. The minimum atomic E-state index is -0.806. The summed E-state index contributed by atoms with van der Waals surface area (Å²) in [5, 5.41) is 6.01. The highest BCUT2D eigenvalue weighted by Crippen LogP contribution is 2.42. The molecule has 1 aliphatic rings. The van der Waals surface area contributed by atoms with E-state index in [0.717, 1.165) is 0 Å². The zero-order valence-corrected chi connectivity index (χ0v) is 13.9. The van der Waals surface area contributed by atoms with Gasteiger partial charge in [-0.2, -0.15) is 0 Å². The number of carbonyl (C=O) groups excluding carboxylic acids is 2. The Labute approximate surface area is 139 Å². The average Bonchev–Trinajstić information content (AvgIpc) is 2.59. The number of esters is 2. The molecule has 0 bridgehead atoms. The maximum absolute atomic E-state index is 12.3. The lowest BCUT2D eigenvalue weighted by Crippen LogP contribution is -2.32. The number of nitrogens with zero attached hydrogens (tertiary/aromatic N) is 1. The van der Waals surface area contributed by atoms with Crippen LogP contribution in [-0.2, 0) is 19.1 Å². The Morgan fingerprint density at radius 1 is 1.00 bits per heavy atom. The van der Waals surface area contributed by atoms with Crippen molar-refractivity contribution in [3.8, 4) is 0 Å². The Hall–Kier alpha value is -2.96. The molecule has 24 heavy (non-hydrogen) atoms. The maximum atomic E-state index is 12.3. The number of ether oxygens (including phenoxy) is 2. The maximum Gasteiger partial charge on any atom is 0.336 e. The number of nitroso groups, excluding NO2 is 1. The van der Waals surface area contributed by atoms with Gasteiger partial charge in [0.05, 0.1) is 31.3 Å². The summed E-state index contributed by atoms with van der Waals surface area (Å²) in [7, 11) is 2.51. The molecule has 7 nitrogen and oxygen atoms in total. The molecule has 0 unspecified atom stereocenters. The summed E-state index contributed by atoms with van der Waals surface area (Å²) < 4.78 is 9.72. The molecule has 1 heterocycles. The Kier molecular flexibility index (Phi) is 5.13. The summed E-state index contributed by atoms with van der Waals surface area (Å²) in [5.41, 5.74) is 2.14. The van der Waals surface area contributed by atoms with Crippen molar-refractivity contribution >= 4 is 17.6 Å². The van der Waals surface area contributed by atoms with Crippen LogP contribution in [0.2, 0.25) is 0 Å². The molecule has 126 valence electrons. The Morgan fingerprint density at radius 2 is 1.50 bits per heavy atom. The molecule has 7 heteroatoms. The van der Waals surface area contributed by atoms with E-state index in [-0.39, 0.29) is 16.8 Å². The van der Waals surface area contributed by atoms with Crippen molar-refractivity contribution in [3.63, 3.8) is 0 Å². The number of carbonyl (C=O) groups is 2. The molecule has 0 radical (unpaired) electrons. The molecule has 0 aliphatic carbocycles. The van der Waals surface area contributed by atoms with Crippen LogP contribution in [-0.4, -0.2) is 26.2 Å². The fourth-order valence-corrected chi connectivity index (χ4v) is 2.88. The smallest absolute Gasteiger partial charge is 0.336 e. The van der Waals surface area contributed by atoms with Crippen LogP contribution in [0.4, 0.5) is 5.69 Å². The highest BCUT2D eigenvalue weighted by atomic mass is 16.5. The quantitative estimate of drug-likeness (QED) is 0.674. The van der Waals surface area contributed by atoms with E-state index >= 15 is 0 Å². The van der Waals surface area contributed by atoms with Gasteiger partial charge in [0, 0.05) is 11.4 Å². The van der Waals surface area contributed by atoms with Gasteiger partial charge in [-0.05, 0) is 30.7 Å². The van der Waals surface area contributed by atoms with Crippen molar-refractivity contribution < 1.29 is 19.1 Å². The van der Waals surface area contributed by atoms with Gasteiger partial charge in [0.25, 0.3) is 0 Å². The number of methoxy groups -OCH3 is 2. The third kappa shape index (κ3) is 2.92. The second kappa shape index (κ2) is 7.08. The standard InChI is InChI=1S/C17H18N2O5/c1-9-13(16(20)23-3)15(11-7-5-6-8-12(11)19-22)14(10(2)18-9)17(21)24-4/h5-8,15,18H,1-4H3. The van der Waals surface area contributed by atoms with Gasteiger partial charge in [-0.15, -0.1) is 4.91 Å². The largest absolute Gasteiger partial charge is 0.466 e. The topological polar surface area (TPSA) is 94.1 Å². The molecule has 2 rings (SSSR count). The number of dihydropyridines is 1. The molecule has 0 spiro atoms. The van der Waals surface area contributed by atoms with Crippen molar-refractivity contribution in [1.82, 2.24) is 5.32 Å². The average molecular weight is 330 g/mol. The fraction of sp³-hybridized carbons (Fsp3) is 0.294. The fourth-order valence-electron chi connectivity index (χ4n) is 2.88. The first-order valence-electron chi connectivity index (χ1n) is 7.23. The van der Waals surface area contributed by atoms with Crippen molar-refractivity contribution in [2.24, 2.45) is 5.18 Å². The first kappa shape index (κ1) is 17.4. The van der Waals surface area contributed by atoms with E-state index in [1.165, 1.54) is 20.3 Å². The van der Waals surface area contributed by atoms with E-state index in [1.54, 1.807) is 32.0 Å². The zero-order chi connectivity index (χ0) is 17.9. The molecule has 1 N–H and O–H groups in total. The van der Waals surface area contributed by atoms with E-state index < -0.39 is 17.9 Å². The van der Waals surface area contributed by atoms with Gasteiger partial charge in [-0.1, -0.05) is 18.2 Å². The van der Waals surface area contributed by atoms with Gasteiger partial charge < -0.3 is 14.8 Å². The summed E-state index contributed by atoms with van der Waals surface area (Å²) >= 11 is 0. The third-order valence-corrected chi connectivity index (χ3v) is 3.92. The summed E-state index contributed by atoms with van der Waals surface area (Å²) in [4.78, 5) is 35.8. The van der Waals surface area contributed by atoms with E-state index in [9.17, 15) is 14.5 Å². The van der Waals surface area contributed by atoms with Crippen molar-refractivity contribution in [3.05, 3.63) is 57.3 Å². The van der Waals surface area contributed by atoms with E-state index in [2.05, 4.69) is 10.5 Å². The molecule has 1 aromatic carbocycles. The number of hydrogen-bond acceptors (Lipinski definition) is 7. The second-order valence-corrected chi connectivity index (χ2v) is 5.27. The van der Waals surface area contributed by atoms with Crippen molar-refractivity contribution in [1.29, 1.82) is 0 Å². The molecular weight excluding hydrogens is 312 g/mol. The number of allylic oxidation sites excluding steroid dienone is 2. The summed E-state index contributed by atoms with van der Waals surface area (Å²) in [5.74, 6) is -2.00. The molecule has 1 aliphatic heterocycles. The Bertz CT molecular complexity index is 726. The Morgan fingerprint density at radius 3 is 1.96 bits per heavy atom. The van der Waals surface area contributed by atoms with E-state index in [0.29, 0.717) is 17.0 Å². The van der Waals surface area contributed by atoms with E-state index in [4.69, 9.17) is 9.47 Å². The van der Waals surface area contributed by atoms with Gasteiger partial charge in [-0.3, -0.25) is 0 Å². The second-order valence-electron chi connectivity index (χ2n) is 5.27. The molecule has 0 atom stereocenters. The monoisotopic (exact) mass is 330 g/mol. The molecular formula is C17H18N2O5. The number of rotatable bonds is 4. The minimum absolute atomic E-state index is 0.146. The number of benzene rings is 1. The minimum Gasteiger partial charge on any atom is -0.466 e. The predicted molar refractivity (Wildman–Crippen MR) is 87.2 cm³/mol. The lowest BCUT2D eigenvalue weighted by atomic mass is 9.80. The summed E-state index contributed by atoms with van der Waals surface area (Å²) in [6.07, 6.45) is 0. The highest BCUT2D eigenvalue weighted by Gasteiger charge is 2.38. The van der Waals surface area contributed by atoms with Gasteiger partial charge in [0.2, 0.25) is 0 Å². The molecule has 0 saturated carbocycles. The Balaban J connectivity index is 2.77. The van der Waals surface area contributed by atoms with Crippen molar-refractivity contribution in [2.45, 2.75) is 19.8 Å². The first-order chi connectivity index (χ1) is 11.5. The highest BCUT2D eigenvalue weighted by molar-refractivity contribution is 6.00.